The van der Waals surface area contributed by atoms with E-state index in [0.717, 1.165) is 33.7 Å². The van der Waals surface area contributed by atoms with Gasteiger partial charge in [0.1, 0.15) is 0 Å². The monoisotopic (exact) mass is 328 g/mol. The summed E-state index contributed by atoms with van der Waals surface area (Å²) in [4.78, 5) is 18.8. The first-order valence-electron chi connectivity index (χ1n) is 7.88. The molecule has 0 fully saturated rings. The Morgan fingerprint density at radius 2 is 1.65 bits per heavy atom. The second-order valence-electron chi connectivity index (χ2n) is 6.19. The molecule has 3 rings (SSSR count). The van der Waals surface area contributed by atoms with Crippen LogP contribution in [0.2, 0.25) is 0 Å². The highest BCUT2D eigenvalue weighted by atomic mass is 31.2. The van der Waals surface area contributed by atoms with E-state index in [4.69, 9.17) is 0 Å². The van der Waals surface area contributed by atoms with Crippen molar-refractivity contribution in [3.63, 3.8) is 0 Å². The van der Waals surface area contributed by atoms with Crippen LogP contribution in [0.3, 0.4) is 0 Å². The zero-order chi connectivity index (χ0) is 16.6. The third-order valence-corrected chi connectivity index (χ3v) is 5.25. The van der Waals surface area contributed by atoms with E-state index in [1.165, 1.54) is 5.39 Å². The summed E-state index contributed by atoms with van der Waals surface area (Å²) < 4.78 is 11.5. The minimum absolute atomic E-state index is 0.199. The van der Waals surface area contributed by atoms with Gasteiger partial charge in [0.05, 0.1) is 6.16 Å². The van der Waals surface area contributed by atoms with Gasteiger partial charge in [-0.05, 0) is 57.1 Å². The molecule has 0 heterocycles. The Labute approximate surface area is 136 Å². The Morgan fingerprint density at radius 1 is 1.00 bits per heavy atom. The van der Waals surface area contributed by atoms with Gasteiger partial charge in [-0.3, -0.25) is 4.57 Å². The largest absolute Gasteiger partial charge is 0.329 e. The molecule has 2 N–H and O–H groups in total. The van der Waals surface area contributed by atoms with Crippen LogP contribution in [0.1, 0.15) is 37.3 Å². The molecule has 4 heteroatoms. The second kappa shape index (κ2) is 6.09. The van der Waals surface area contributed by atoms with E-state index in [0.29, 0.717) is 0 Å². The summed E-state index contributed by atoms with van der Waals surface area (Å²) in [5.74, 6) is 0.251. The highest BCUT2D eigenvalue weighted by molar-refractivity contribution is 7.50. The van der Waals surface area contributed by atoms with Crippen molar-refractivity contribution >= 4 is 29.1 Å². The molecule has 0 saturated heterocycles. The van der Waals surface area contributed by atoms with Crippen molar-refractivity contribution < 1.29 is 14.4 Å². The van der Waals surface area contributed by atoms with Gasteiger partial charge in [-0.25, -0.2) is 0 Å². The van der Waals surface area contributed by atoms with E-state index >= 15 is 0 Å². The number of hydrogen-bond donors (Lipinski definition) is 2. The molecule has 23 heavy (non-hydrogen) atoms. The Hall–Kier alpha value is -1.67. The highest BCUT2D eigenvalue weighted by Crippen LogP contribution is 2.43. The normalized spacial score (nSPS) is 13.6. The summed E-state index contributed by atoms with van der Waals surface area (Å²) in [7, 11) is -4.09. The molecule has 3 nitrogen and oxygen atoms in total. The van der Waals surface area contributed by atoms with Gasteiger partial charge in [-0.1, -0.05) is 50.2 Å². The lowest BCUT2D eigenvalue weighted by molar-refractivity contribution is 0.371. The van der Waals surface area contributed by atoms with Gasteiger partial charge in [0, 0.05) is 0 Å². The zero-order valence-corrected chi connectivity index (χ0v) is 14.3. The molecule has 3 aromatic rings. The molecule has 0 amide bonds. The third-order valence-electron chi connectivity index (χ3n) is 4.50. The predicted molar refractivity (Wildman–Crippen MR) is 95.9 cm³/mol. The minimum atomic E-state index is -4.09. The SMILES string of the molecule is CCC(C)c1c(CP(=O)(O)O)ccc2cc3ccccc3cc12. The van der Waals surface area contributed by atoms with Gasteiger partial charge in [-0.2, -0.15) is 0 Å². The van der Waals surface area contributed by atoms with Gasteiger partial charge in [-0.15, -0.1) is 0 Å². The first-order chi connectivity index (χ1) is 10.9. The average Bonchev–Trinajstić information content (AvgIpc) is 2.50. The minimum Gasteiger partial charge on any atom is -0.324 e. The highest BCUT2D eigenvalue weighted by Gasteiger charge is 2.20. The fourth-order valence-electron chi connectivity index (χ4n) is 3.23. The van der Waals surface area contributed by atoms with Crippen LogP contribution < -0.4 is 0 Å². The zero-order valence-electron chi connectivity index (χ0n) is 13.4. The lowest BCUT2D eigenvalue weighted by Crippen LogP contribution is -2.01. The summed E-state index contributed by atoms with van der Waals surface area (Å²) in [6, 6.07) is 16.3. The lowest BCUT2D eigenvalue weighted by atomic mass is 9.88. The Kier molecular flexibility index (Phi) is 4.29. The Balaban J connectivity index is 2.32. The summed E-state index contributed by atoms with van der Waals surface area (Å²) >= 11 is 0. The van der Waals surface area contributed by atoms with E-state index in [-0.39, 0.29) is 12.1 Å². The first kappa shape index (κ1) is 16.2. The van der Waals surface area contributed by atoms with Crippen molar-refractivity contribution in [1.82, 2.24) is 0 Å². The maximum absolute atomic E-state index is 11.5. The van der Waals surface area contributed by atoms with Gasteiger partial charge in [0.15, 0.2) is 0 Å². The molecule has 0 spiro atoms. The van der Waals surface area contributed by atoms with Crippen LogP contribution in [0, 0.1) is 0 Å². The molecule has 0 aliphatic rings. The molecule has 120 valence electrons. The maximum Gasteiger partial charge on any atom is 0.329 e. The predicted octanol–water partition coefficient (Wildman–Crippen LogP) is 5.18. The lowest BCUT2D eigenvalue weighted by Gasteiger charge is -2.19. The van der Waals surface area contributed by atoms with Crippen molar-refractivity contribution in [2.24, 2.45) is 0 Å². The Morgan fingerprint density at radius 3 is 2.26 bits per heavy atom. The van der Waals surface area contributed by atoms with Crippen LogP contribution in [0.5, 0.6) is 0 Å². The molecule has 1 atom stereocenters. The van der Waals surface area contributed by atoms with Crippen molar-refractivity contribution in [3.05, 3.63) is 59.7 Å². The van der Waals surface area contributed by atoms with Gasteiger partial charge < -0.3 is 9.79 Å². The van der Waals surface area contributed by atoms with Gasteiger partial charge in [0.25, 0.3) is 0 Å². The van der Waals surface area contributed by atoms with Crippen molar-refractivity contribution in [1.29, 1.82) is 0 Å². The summed E-state index contributed by atoms with van der Waals surface area (Å²) in [6.45, 7) is 4.22. The van der Waals surface area contributed by atoms with E-state index in [9.17, 15) is 14.4 Å². The second-order valence-corrected chi connectivity index (χ2v) is 7.84. The quantitative estimate of drug-likeness (QED) is 0.512. The summed E-state index contributed by atoms with van der Waals surface area (Å²) in [5, 5.41) is 4.55. The van der Waals surface area contributed by atoms with Crippen LogP contribution in [0.15, 0.2) is 48.5 Å². The fourth-order valence-corrected chi connectivity index (χ4v) is 3.95. The fraction of sp³-hybridized carbons (Fsp3) is 0.263. The van der Waals surface area contributed by atoms with Crippen LogP contribution in [-0.2, 0) is 10.7 Å². The van der Waals surface area contributed by atoms with Gasteiger partial charge >= 0.3 is 7.60 Å². The molecule has 0 saturated carbocycles. The molecule has 1 unspecified atom stereocenters. The number of rotatable bonds is 4. The van der Waals surface area contributed by atoms with Crippen LogP contribution in [0.25, 0.3) is 21.5 Å². The summed E-state index contributed by atoms with van der Waals surface area (Å²) in [6.07, 6.45) is 0.732. The van der Waals surface area contributed by atoms with E-state index in [1.807, 2.05) is 24.3 Å². The maximum atomic E-state index is 11.5. The Bertz CT molecular complexity index is 911. The van der Waals surface area contributed by atoms with E-state index in [2.05, 4.69) is 38.1 Å². The smallest absolute Gasteiger partial charge is 0.324 e. The van der Waals surface area contributed by atoms with Crippen LogP contribution in [0.4, 0.5) is 0 Å². The number of benzene rings is 3. The molecular formula is C19H21O3P. The average molecular weight is 328 g/mol. The molecular weight excluding hydrogens is 307 g/mol. The molecule has 0 bridgehead atoms. The summed E-state index contributed by atoms with van der Waals surface area (Å²) in [5.41, 5.74) is 1.83. The first-order valence-corrected chi connectivity index (χ1v) is 9.67. The van der Waals surface area contributed by atoms with Crippen molar-refractivity contribution in [3.8, 4) is 0 Å². The molecule has 0 aliphatic carbocycles. The van der Waals surface area contributed by atoms with Crippen LogP contribution in [-0.4, -0.2) is 9.79 Å². The molecule has 3 aromatic carbocycles. The standard InChI is InChI=1S/C19H21O3P/c1-3-13(2)19-17(12-23(20,21)22)9-8-16-10-14-6-4-5-7-15(14)11-18(16)19/h4-11,13H,3,12H2,1-2H3,(H2,20,21,22). The van der Waals surface area contributed by atoms with Crippen LogP contribution >= 0.6 is 7.60 Å². The van der Waals surface area contributed by atoms with E-state index < -0.39 is 7.60 Å². The van der Waals surface area contributed by atoms with Crippen molar-refractivity contribution in [2.45, 2.75) is 32.3 Å². The van der Waals surface area contributed by atoms with Gasteiger partial charge in [0.2, 0.25) is 0 Å². The third kappa shape index (κ3) is 3.32. The molecule has 0 aliphatic heterocycles. The van der Waals surface area contributed by atoms with E-state index in [1.54, 1.807) is 0 Å². The molecule has 0 radical (unpaired) electrons. The topological polar surface area (TPSA) is 57.5 Å². The number of hydrogen-bond acceptors (Lipinski definition) is 1. The molecule has 0 aromatic heterocycles. The van der Waals surface area contributed by atoms with Crippen molar-refractivity contribution in [2.75, 3.05) is 0 Å². The number of fused-ring (bicyclic) bond motifs is 2.